The third-order valence-electron chi connectivity index (χ3n) is 6.24. The molecule has 0 unspecified atom stereocenters. The molecule has 1 aromatic heterocycles. The van der Waals surface area contributed by atoms with Crippen molar-refractivity contribution in [2.24, 2.45) is 17.8 Å². The van der Waals surface area contributed by atoms with Gasteiger partial charge in [-0.15, -0.1) is 0 Å². The molecule has 8 heteroatoms. The number of halogens is 1. The Balaban J connectivity index is 2.31. The first kappa shape index (κ1) is 29.9. The van der Waals surface area contributed by atoms with Crippen LogP contribution in [0.2, 0.25) is 0 Å². The van der Waals surface area contributed by atoms with E-state index in [1.165, 1.54) is 38.4 Å². The van der Waals surface area contributed by atoms with Crippen molar-refractivity contribution in [1.82, 2.24) is 4.98 Å². The van der Waals surface area contributed by atoms with Gasteiger partial charge in [0.15, 0.2) is 17.2 Å². The van der Waals surface area contributed by atoms with E-state index in [4.69, 9.17) is 14.2 Å². The molecule has 0 saturated carbocycles. The van der Waals surface area contributed by atoms with Crippen LogP contribution in [-0.2, 0) is 14.3 Å². The molecule has 202 valence electrons. The second kappa shape index (κ2) is 13.3. The van der Waals surface area contributed by atoms with Crippen LogP contribution < -0.4 is 9.47 Å². The number of pyridine rings is 1. The van der Waals surface area contributed by atoms with Crippen molar-refractivity contribution in [2.45, 2.75) is 73.3 Å². The SMILES string of the molecule is COc1ccnc(C(=O)C[C@@H](CC(C)C)C(=O)O[C@@H](C)[C@H](c2ccc(F)cc2C)C(C)C)c1OC(C)=O. The largest absolute Gasteiger partial charge is 0.493 e. The molecule has 0 spiro atoms. The lowest BCUT2D eigenvalue weighted by atomic mass is 9.82. The van der Waals surface area contributed by atoms with Crippen molar-refractivity contribution in [3.05, 3.63) is 53.1 Å². The van der Waals surface area contributed by atoms with Gasteiger partial charge in [-0.3, -0.25) is 14.4 Å². The van der Waals surface area contributed by atoms with Gasteiger partial charge >= 0.3 is 11.9 Å². The summed E-state index contributed by atoms with van der Waals surface area (Å²) in [5.41, 5.74) is 1.63. The van der Waals surface area contributed by atoms with Gasteiger partial charge in [-0.1, -0.05) is 33.8 Å². The van der Waals surface area contributed by atoms with Crippen LogP contribution in [0.3, 0.4) is 0 Å². The molecule has 37 heavy (non-hydrogen) atoms. The zero-order chi connectivity index (χ0) is 27.9. The predicted octanol–water partition coefficient (Wildman–Crippen LogP) is 6.07. The Morgan fingerprint density at radius 2 is 1.73 bits per heavy atom. The Morgan fingerprint density at radius 1 is 1.05 bits per heavy atom. The van der Waals surface area contributed by atoms with Gasteiger partial charge in [0, 0.05) is 31.5 Å². The highest BCUT2D eigenvalue weighted by Gasteiger charge is 2.32. The zero-order valence-corrected chi connectivity index (χ0v) is 23.0. The highest BCUT2D eigenvalue weighted by molar-refractivity contribution is 6.00. The summed E-state index contributed by atoms with van der Waals surface area (Å²) < 4.78 is 30.1. The number of nitrogens with zero attached hydrogens (tertiary/aromatic N) is 1. The maximum absolute atomic E-state index is 13.7. The molecule has 0 saturated heterocycles. The minimum Gasteiger partial charge on any atom is -0.493 e. The molecule has 7 nitrogen and oxygen atoms in total. The number of aromatic nitrogens is 1. The van der Waals surface area contributed by atoms with Crippen molar-refractivity contribution >= 4 is 17.7 Å². The number of rotatable bonds is 12. The first-order chi connectivity index (χ1) is 17.3. The minimum absolute atomic E-state index is 0.0702. The fourth-order valence-electron chi connectivity index (χ4n) is 4.70. The van der Waals surface area contributed by atoms with Crippen LogP contribution in [0.1, 0.15) is 81.9 Å². The summed E-state index contributed by atoms with van der Waals surface area (Å²) in [6, 6.07) is 6.11. The Kier molecular flexibility index (Phi) is 10.8. The topological polar surface area (TPSA) is 91.8 Å². The van der Waals surface area contributed by atoms with E-state index in [9.17, 15) is 18.8 Å². The van der Waals surface area contributed by atoms with Gasteiger partial charge < -0.3 is 14.2 Å². The number of ether oxygens (including phenoxy) is 3. The minimum atomic E-state index is -0.727. The van der Waals surface area contributed by atoms with Gasteiger partial charge in [-0.2, -0.15) is 0 Å². The molecule has 1 aromatic carbocycles. The van der Waals surface area contributed by atoms with Crippen LogP contribution in [0.4, 0.5) is 4.39 Å². The second-order valence-electron chi connectivity index (χ2n) is 10.2. The number of esters is 2. The summed E-state index contributed by atoms with van der Waals surface area (Å²) in [6.07, 6.45) is 1.13. The number of carbonyl (C=O) groups is 3. The molecule has 0 bridgehead atoms. The number of hydrogen-bond donors (Lipinski definition) is 0. The molecule has 3 atom stereocenters. The fraction of sp³-hybridized carbons (Fsp3) is 0.517. The molecule has 1 heterocycles. The number of carbonyl (C=O) groups excluding carboxylic acids is 3. The normalized spacial score (nSPS) is 13.7. The van der Waals surface area contributed by atoms with Crippen molar-refractivity contribution in [3.8, 4) is 11.5 Å². The van der Waals surface area contributed by atoms with E-state index in [1.807, 2.05) is 41.5 Å². The lowest BCUT2D eigenvalue weighted by molar-refractivity contribution is -0.155. The quantitative estimate of drug-likeness (QED) is 0.250. The Hall–Kier alpha value is -3.29. The van der Waals surface area contributed by atoms with Gasteiger partial charge in [0.25, 0.3) is 0 Å². The van der Waals surface area contributed by atoms with Crippen LogP contribution in [0.5, 0.6) is 11.5 Å². The zero-order valence-electron chi connectivity index (χ0n) is 23.0. The Labute approximate surface area is 218 Å². The van der Waals surface area contributed by atoms with Gasteiger partial charge in [-0.05, 0) is 55.4 Å². The number of Topliss-reactive ketones (excluding diaryl/α,β-unsaturated/α-hetero) is 1. The van der Waals surface area contributed by atoms with E-state index in [0.717, 1.165) is 11.1 Å². The molecule has 0 amide bonds. The lowest BCUT2D eigenvalue weighted by Crippen LogP contribution is -2.31. The maximum Gasteiger partial charge on any atom is 0.309 e. The second-order valence-corrected chi connectivity index (χ2v) is 10.2. The third-order valence-corrected chi connectivity index (χ3v) is 6.24. The molecule has 0 N–H and O–H groups in total. The number of ketones is 1. The monoisotopic (exact) mass is 515 g/mol. The van der Waals surface area contributed by atoms with E-state index >= 15 is 0 Å². The molecule has 0 aliphatic heterocycles. The molecule has 0 radical (unpaired) electrons. The Morgan fingerprint density at radius 3 is 2.27 bits per heavy atom. The van der Waals surface area contributed by atoms with E-state index in [1.54, 1.807) is 6.07 Å². The fourth-order valence-corrected chi connectivity index (χ4v) is 4.70. The maximum atomic E-state index is 13.7. The predicted molar refractivity (Wildman–Crippen MR) is 138 cm³/mol. The third kappa shape index (κ3) is 8.10. The summed E-state index contributed by atoms with van der Waals surface area (Å²) in [5, 5.41) is 0. The van der Waals surface area contributed by atoms with E-state index in [0.29, 0.717) is 6.42 Å². The smallest absolute Gasteiger partial charge is 0.309 e. The van der Waals surface area contributed by atoms with Crippen molar-refractivity contribution < 1.29 is 33.0 Å². The number of aryl methyl sites for hydroxylation is 1. The first-order valence-corrected chi connectivity index (χ1v) is 12.6. The van der Waals surface area contributed by atoms with Crippen LogP contribution >= 0.6 is 0 Å². The molecule has 2 aromatic rings. The van der Waals surface area contributed by atoms with Gasteiger partial charge in [0.05, 0.1) is 13.0 Å². The van der Waals surface area contributed by atoms with Crippen LogP contribution in [0.25, 0.3) is 0 Å². The van der Waals surface area contributed by atoms with E-state index < -0.39 is 29.7 Å². The van der Waals surface area contributed by atoms with E-state index in [-0.39, 0.29) is 47.2 Å². The molecule has 0 aliphatic rings. The summed E-state index contributed by atoms with van der Waals surface area (Å²) in [6.45, 7) is 12.8. The summed E-state index contributed by atoms with van der Waals surface area (Å²) in [5.74, 6) is -2.41. The standard InChI is InChI=1S/C29H38FNO6/c1-16(2)13-21(15-24(33)27-28(37-20(7)32)25(35-8)11-12-31-27)29(34)36-19(6)26(17(3)4)23-10-9-22(30)14-18(23)5/h9-12,14,16-17,19,21,26H,13,15H2,1-8H3/t19-,21+,26+/m0/s1. The highest BCUT2D eigenvalue weighted by Crippen LogP contribution is 2.34. The average Bonchev–Trinajstić information content (AvgIpc) is 2.79. The van der Waals surface area contributed by atoms with Crippen molar-refractivity contribution in [2.75, 3.05) is 7.11 Å². The van der Waals surface area contributed by atoms with Gasteiger partial charge in [0.2, 0.25) is 5.75 Å². The summed E-state index contributed by atoms with van der Waals surface area (Å²) in [7, 11) is 1.39. The molecule has 0 aliphatic carbocycles. The number of hydrogen-bond acceptors (Lipinski definition) is 7. The lowest BCUT2D eigenvalue weighted by Gasteiger charge is -2.30. The average molecular weight is 516 g/mol. The van der Waals surface area contributed by atoms with E-state index in [2.05, 4.69) is 4.98 Å². The van der Waals surface area contributed by atoms with Crippen molar-refractivity contribution in [3.63, 3.8) is 0 Å². The van der Waals surface area contributed by atoms with Crippen LogP contribution in [0.15, 0.2) is 30.5 Å². The van der Waals surface area contributed by atoms with Gasteiger partial charge in [0.1, 0.15) is 11.9 Å². The van der Waals surface area contributed by atoms with Crippen LogP contribution in [0, 0.1) is 30.5 Å². The van der Waals surface area contributed by atoms with Crippen molar-refractivity contribution in [1.29, 1.82) is 0 Å². The Bertz CT molecular complexity index is 1110. The molecule has 2 rings (SSSR count). The summed E-state index contributed by atoms with van der Waals surface area (Å²) >= 11 is 0. The first-order valence-electron chi connectivity index (χ1n) is 12.6. The highest BCUT2D eigenvalue weighted by atomic mass is 19.1. The molecule has 0 fully saturated rings. The van der Waals surface area contributed by atoms with Gasteiger partial charge in [-0.25, -0.2) is 9.37 Å². The molecular formula is C29H38FNO6. The molecular weight excluding hydrogens is 477 g/mol. The summed E-state index contributed by atoms with van der Waals surface area (Å²) in [4.78, 5) is 42.4. The number of methoxy groups -OCH3 is 1. The van der Waals surface area contributed by atoms with Crippen LogP contribution in [-0.4, -0.2) is 35.9 Å². The number of benzene rings is 1.